The Morgan fingerprint density at radius 2 is 1.79 bits per heavy atom. The molecule has 0 aromatic heterocycles. The molecule has 0 aliphatic carbocycles. The first-order valence-electron chi connectivity index (χ1n) is 6.69. The van der Waals surface area contributed by atoms with E-state index in [9.17, 15) is 0 Å². The third kappa shape index (κ3) is 2.55. The third-order valence-electron chi connectivity index (χ3n) is 3.51. The lowest BCUT2D eigenvalue weighted by molar-refractivity contribution is 0.284. The minimum Gasteiger partial charge on any atom is -0.383 e. The van der Waals surface area contributed by atoms with Gasteiger partial charge in [-0.15, -0.1) is 0 Å². The first kappa shape index (κ1) is 13.8. The molecule has 0 saturated heterocycles. The van der Waals surface area contributed by atoms with Crippen molar-refractivity contribution < 1.29 is 0 Å². The largest absolute Gasteiger partial charge is 0.383 e. The van der Waals surface area contributed by atoms with Crippen molar-refractivity contribution >= 4 is 11.7 Å². The van der Waals surface area contributed by atoms with Crippen LogP contribution >= 0.6 is 0 Å². The Kier molecular flexibility index (Phi) is 3.04. The summed E-state index contributed by atoms with van der Waals surface area (Å²) in [6.07, 6.45) is 1.05. The van der Waals surface area contributed by atoms with Gasteiger partial charge in [0.1, 0.15) is 5.84 Å². The zero-order valence-electron chi connectivity index (χ0n) is 12.5. The fraction of sp³-hybridized carbons (Fsp3) is 0.500. The van der Waals surface area contributed by atoms with Gasteiger partial charge in [0.05, 0.1) is 0 Å². The van der Waals surface area contributed by atoms with Gasteiger partial charge >= 0.3 is 0 Å². The van der Waals surface area contributed by atoms with E-state index in [1.165, 1.54) is 5.56 Å². The normalized spacial score (nSPS) is 15.4. The molecule has 3 N–H and O–H groups in total. The van der Waals surface area contributed by atoms with Crippen molar-refractivity contribution in [2.24, 2.45) is 16.1 Å². The van der Waals surface area contributed by atoms with Crippen molar-refractivity contribution in [1.82, 2.24) is 0 Å². The molecule has 3 heteroatoms. The average Bonchev–Trinajstić information content (AvgIpc) is 2.51. The van der Waals surface area contributed by atoms with E-state index in [1.54, 1.807) is 0 Å². The molecule has 1 aliphatic rings. The molecule has 0 spiro atoms. The average molecular weight is 257 g/mol. The lowest BCUT2D eigenvalue weighted by atomic mass is 9.70. The van der Waals surface area contributed by atoms with Gasteiger partial charge in [0, 0.05) is 11.1 Å². The zero-order valence-corrected chi connectivity index (χ0v) is 12.5. The molecule has 0 atom stereocenters. The summed E-state index contributed by atoms with van der Waals surface area (Å²) < 4.78 is 0. The smallest absolute Gasteiger partial charge is 0.155 e. The lowest BCUT2D eigenvalue weighted by Crippen LogP contribution is -2.27. The molecular formula is C16H23N3. The molecule has 0 bridgehead atoms. The highest BCUT2D eigenvalue weighted by Gasteiger charge is 2.33. The number of amidine groups is 2. The number of nitrogens with one attached hydrogen (secondary N) is 1. The quantitative estimate of drug-likeness (QED) is 0.837. The molecular weight excluding hydrogens is 234 g/mol. The highest BCUT2D eigenvalue weighted by atomic mass is 14.9. The summed E-state index contributed by atoms with van der Waals surface area (Å²) in [5.74, 6) is 0.762. The van der Waals surface area contributed by atoms with Gasteiger partial charge < -0.3 is 5.73 Å². The van der Waals surface area contributed by atoms with Crippen LogP contribution in [-0.2, 0) is 5.41 Å². The van der Waals surface area contributed by atoms with Crippen molar-refractivity contribution in [3.63, 3.8) is 0 Å². The fourth-order valence-electron chi connectivity index (χ4n) is 3.24. The van der Waals surface area contributed by atoms with E-state index in [-0.39, 0.29) is 10.8 Å². The maximum Gasteiger partial charge on any atom is 0.155 e. The Balaban J connectivity index is 2.52. The number of nitrogens with zero attached hydrogens (tertiary/aromatic N) is 1. The number of aliphatic imine (C=N–C) groups is 1. The van der Waals surface area contributed by atoms with Crippen LogP contribution in [0.5, 0.6) is 0 Å². The highest BCUT2D eigenvalue weighted by Crippen LogP contribution is 2.39. The Morgan fingerprint density at radius 1 is 1.16 bits per heavy atom. The van der Waals surface area contributed by atoms with Crippen LogP contribution in [0.1, 0.15) is 57.7 Å². The Morgan fingerprint density at radius 3 is 2.37 bits per heavy atom. The number of hydrogen-bond donors (Lipinski definition) is 2. The van der Waals surface area contributed by atoms with E-state index < -0.39 is 0 Å². The summed E-state index contributed by atoms with van der Waals surface area (Å²) in [6.45, 7) is 11.2. The molecule has 0 fully saturated rings. The van der Waals surface area contributed by atoms with Crippen molar-refractivity contribution in [3.05, 3.63) is 34.9 Å². The van der Waals surface area contributed by atoms with Crippen LogP contribution in [0.4, 0.5) is 0 Å². The molecule has 0 radical (unpaired) electrons. The van der Waals surface area contributed by atoms with E-state index in [0.717, 1.165) is 17.5 Å². The summed E-state index contributed by atoms with van der Waals surface area (Å²) in [6, 6.07) is 6.07. The topological polar surface area (TPSA) is 62.2 Å². The first-order valence-corrected chi connectivity index (χ1v) is 6.69. The maximum absolute atomic E-state index is 8.05. The Hall–Kier alpha value is -1.64. The highest BCUT2D eigenvalue weighted by molar-refractivity contribution is 6.21. The van der Waals surface area contributed by atoms with Crippen molar-refractivity contribution in [2.75, 3.05) is 0 Å². The summed E-state index contributed by atoms with van der Waals surface area (Å²) in [5.41, 5.74) is 9.11. The molecule has 0 amide bonds. The number of nitrogens with two attached hydrogens (primary N) is 1. The monoisotopic (exact) mass is 257 g/mol. The van der Waals surface area contributed by atoms with Crippen LogP contribution in [0, 0.1) is 10.8 Å². The van der Waals surface area contributed by atoms with Crippen LogP contribution in [-0.4, -0.2) is 11.7 Å². The van der Waals surface area contributed by atoms with E-state index in [2.05, 4.69) is 45.7 Å². The third-order valence-corrected chi connectivity index (χ3v) is 3.51. The molecule has 3 nitrogen and oxygen atoms in total. The van der Waals surface area contributed by atoms with Crippen LogP contribution < -0.4 is 5.73 Å². The van der Waals surface area contributed by atoms with Gasteiger partial charge in [-0.25, -0.2) is 4.99 Å². The second-order valence-electron chi connectivity index (χ2n) is 7.20. The number of rotatable bonds is 2. The molecule has 102 valence electrons. The van der Waals surface area contributed by atoms with Crippen LogP contribution in [0.25, 0.3) is 0 Å². The first-order chi connectivity index (χ1) is 8.62. The predicted molar refractivity (Wildman–Crippen MR) is 81.1 cm³/mol. The molecule has 1 aromatic carbocycles. The number of hydrogen-bond acceptors (Lipinski definition) is 2. The maximum atomic E-state index is 8.05. The second kappa shape index (κ2) is 4.19. The lowest BCUT2D eigenvalue weighted by Gasteiger charge is -2.34. The predicted octanol–water partition coefficient (Wildman–Crippen LogP) is 3.44. The molecule has 1 aromatic rings. The van der Waals surface area contributed by atoms with Crippen molar-refractivity contribution in [3.8, 4) is 0 Å². The standard InChI is InChI=1S/C16H23N3/c1-15(2,3)9-16(4,5)11-8-6-7-10-12(11)14(18)19-13(10)17/h6-8H,9H2,1-5H3,(H3,17,18,19). The van der Waals surface area contributed by atoms with E-state index in [1.807, 2.05) is 12.1 Å². The van der Waals surface area contributed by atoms with Gasteiger partial charge in [0.15, 0.2) is 5.84 Å². The molecule has 2 rings (SSSR count). The summed E-state index contributed by atoms with van der Waals surface area (Å²) in [5, 5.41) is 8.05. The van der Waals surface area contributed by atoms with Crippen LogP contribution in [0.15, 0.2) is 23.2 Å². The SMILES string of the molecule is CC(C)(C)CC(C)(C)c1cccc2c1C(=N)N=C2N. The van der Waals surface area contributed by atoms with Gasteiger partial charge in [0.25, 0.3) is 0 Å². The van der Waals surface area contributed by atoms with Gasteiger partial charge in [-0.1, -0.05) is 52.8 Å². The minimum atomic E-state index is -0.00394. The van der Waals surface area contributed by atoms with Gasteiger partial charge in [-0.2, -0.15) is 0 Å². The van der Waals surface area contributed by atoms with E-state index >= 15 is 0 Å². The molecule has 0 saturated carbocycles. The van der Waals surface area contributed by atoms with Crippen LogP contribution in [0.3, 0.4) is 0 Å². The van der Waals surface area contributed by atoms with Gasteiger partial charge in [0.2, 0.25) is 0 Å². The minimum absolute atomic E-state index is 0.00394. The number of benzene rings is 1. The number of fused-ring (bicyclic) bond motifs is 1. The molecule has 1 aliphatic heterocycles. The summed E-state index contributed by atoms with van der Waals surface area (Å²) in [4.78, 5) is 4.11. The van der Waals surface area contributed by atoms with Crippen LogP contribution in [0.2, 0.25) is 0 Å². The fourth-order valence-corrected chi connectivity index (χ4v) is 3.24. The Bertz CT molecular complexity index is 560. The summed E-state index contributed by atoms with van der Waals surface area (Å²) in [7, 11) is 0. The van der Waals surface area contributed by atoms with Crippen molar-refractivity contribution in [1.29, 1.82) is 5.41 Å². The van der Waals surface area contributed by atoms with E-state index in [0.29, 0.717) is 11.7 Å². The van der Waals surface area contributed by atoms with Gasteiger partial charge in [-0.3, -0.25) is 5.41 Å². The molecule has 1 heterocycles. The molecule has 0 unspecified atom stereocenters. The van der Waals surface area contributed by atoms with E-state index in [4.69, 9.17) is 11.1 Å². The zero-order chi connectivity index (χ0) is 14.4. The Labute approximate surface area is 115 Å². The summed E-state index contributed by atoms with van der Waals surface area (Å²) >= 11 is 0. The molecule has 19 heavy (non-hydrogen) atoms. The second-order valence-corrected chi connectivity index (χ2v) is 7.20. The van der Waals surface area contributed by atoms with Crippen molar-refractivity contribution in [2.45, 2.75) is 46.5 Å². The van der Waals surface area contributed by atoms with Gasteiger partial charge in [-0.05, 0) is 22.8 Å².